The predicted octanol–water partition coefficient (Wildman–Crippen LogP) is 1.28. The number of rotatable bonds is 3. The third-order valence-corrected chi connectivity index (χ3v) is 4.40. The van der Waals surface area contributed by atoms with Crippen molar-refractivity contribution in [3.8, 4) is 0 Å². The maximum Gasteiger partial charge on any atom is 0.329 e. The maximum absolute atomic E-state index is 12.3. The SMILES string of the molecule is O=C(NC1(C(=O)O)CCCCCC1)[C@H]1CCCNC1. The summed E-state index contributed by atoms with van der Waals surface area (Å²) in [5, 5.41) is 15.6. The maximum atomic E-state index is 12.3. The van der Waals surface area contributed by atoms with Crippen LogP contribution in [0.25, 0.3) is 0 Å². The van der Waals surface area contributed by atoms with Crippen LogP contribution in [0.3, 0.4) is 0 Å². The van der Waals surface area contributed by atoms with Crippen LogP contribution < -0.4 is 10.6 Å². The molecule has 5 heteroatoms. The first kappa shape index (κ1) is 14.3. The van der Waals surface area contributed by atoms with Crippen LogP contribution in [-0.2, 0) is 9.59 Å². The van der Waals surface area contributed by atoms with E-state index in [-0.39, 0.29) is 11.8 Å². The van der Waals surface area contributed by atoms with Gasteiger partial charge >= 0.3 is 5.97 Å². The molecule has 0 bridgehead atoms. The molecule has 1 aliphatic heterocycles. The summed E-state index contributed by atoms with van der Waals surface area (Å²) in [6, 6.07) is 0. The largest absolute Gasteiger partial charge is 0.480 e. The van der Waals surface area contributed by atoms with E-state index in [1.807, 2.05) is 0 Å². The molecule has 3 N–H and O–H groups in total. The van der Waals surface area contributed by atoms with E-state index in [9.17, 15) is 14.7 Å². The zero-order valence-corrected chi connectivity index (χ0v) is 11.4. The van der Waals surface area contributed by atoms with Gasteiger partial charge in [0.25, 0.3) is 0 Å². The van der Waals surface area contributed by atoms with E-state index in [4.69, 9.17) is 0 Å². The first-order chi connectivity index (χ1) is 9.14. The summed E-state index contributed by atoms with van der Waals surface area (Å²) in [7, 11) is 0. The van der Waals surface area contributed by atoms with Gasteiger partial charge in [-0.15, -0.1) is 0 Å². The molecular weight excluding hydrogens is 244 g/mol. The molecule has 2 fully saturated rings. The van der Waals surface area contributed by atoms with E-state index >= 15 is 0 Å². The molecule has 0 spiro atoms. The average Bonchev–Trinajstić information content (AvgIpc) is 2.66. The lowest BCUT2D eigenvalue weighted by atomic mass is 9.88. The standard InChI is InChI=1S/C14H24N2O3/c17-12(11-6-5-9-15-10-11)16-14(13(18)19)7-3-1-2-4-8-14/h11,15H,1-10H2,(H,16,17)(H,18,19)/t11-/m0/s1. The second kappa shape index (κ2) is 6.37. The van der Waals surface area contributed by atoms with Crippen LogP contribution in [0, 0.1) is 5.92 Å². The summed E-state index contributed by atoms with van der Waals surface area (Å²) in [6.07, 6.45) is 6.87. The molecule has 2 rings (SSSR count). The highest BCUT2D eigenvalue weighted by molar-refractivity contribution is 5.88. The number of hydrogen-bond acceptors (Lipinski definition) is 3. The lowest BCUT2D eigenvalue weighted by Gasteiger charge is -2.32. The number of piperidine rings is 1. The highest BCUT2D eigenvalue weighted by atomic mass is 16.4. The molecule has 108 valence electrons. The average molecular weight is 268 g/mol. The van der Waals surface area contributed by atoms with Crippen molar-refractivity contribution in [1.82, 2.24) is 10.6 Å². The Kier molecular flexibility index (Phi) is 4.80. The molecule has 0 aromatic heterocycles. The minimum absolute atomic E-state index is 0.0757. The van der Waals surface area contributed by atoms with Gasteiger partial charge in [0.05, 0.1) is 5.92 Å². The van der Waals surface area contributed by atoms with Crippen LogP contribution in [-0.4, -0.2) is 35.6 Å². The summed E-state index contributed by atoms with van der Waals surface area (Å²) >= 11 is 0. The van der Waals surface area contributed by atoms with E-state index in [0.717, 1.165) is 45.1 Å². The summed E-state index contributed by atoms with van der Waals surface area (Å²) in [6.45, 7) is 1.62. The van der Waals surface area contributed by atoms with E-state index in [1.165, 1.54) is 0 Å². The number of carbonyl (C=O) groups excluding carboxylic acids is 1. The number of carboxylic acid groups (broad SMARTS) is 1. The van der Waals surface area contributed by atoms with Gasteiger partial charge in [-0.3, -0.25) is 4.79 Å². The predicted molar refractivity (Wildman–Crippen MR) is 71.8 cm³/mol. The molecule has 1 amide bonds. The van der Waals surface area contributed by atoms with Crippen molar-refractivity contribution in [3.63, 3.8) is 0 Å². The zero-order valence-electron chi connectivity index (χ0n) is 11.4. The lowest BCUT2D eigenvalue weighted by Crippen LogP contribution is -2.57. The minimum atomic E-state index is -1.02. The molecule has 1 aliphatic carbocycles. The van der Waals surface area contributed by atoms with Gasteiger partial charge in [-0.25, -0.2) is 4.79 Å². The Morgan fingerprint density at radius 2 is 1.79 bits per heavy atom. The third-order valence-electron chi connectivity index (χ3n) is 4.40. The quantitative estimate of drug-likeness (QED) is 0.674. The molecular formula is C14H24N2O3. The summed E-state index contributed by atoms with van der Waals surface area (Å²) in [5.74, 6) is -1.03. The fourth-order valence-electron chi connectivity index (χ4n) is 3.14. The van der Waals surface area contributed by atoms with Gasteiger partial charge in [-0.1, -0.05) is 25.7 Å². The van der Waals surface area contributed by atoms with Gasteiger partial charge in [-0.05, 0) is 32.2 Å². The second-order valence-corrected chi connectivity index (χ2v) is 5.83. The smallest absolute Gasteiger partial charge is 0.329 e. The number of carboxylic acids is 1. The van der Waals surface area contributed by atoms with Crippen molar-refractivity contribution in [3.05, 3.63) is 0 Å². The highest BCUT2D eigenvalue weighted by Crippen LogP contribution is 2.28. The van der Waals surface area contributed by atoms with Crippen LogP contribution in [0.15, 0.2) is 0 Å². The van der Waals surface area contributed by atoms with Gasteiger partial charge in [-0.2, -0.15) is 0 Å². The summed E-state index contributed by atoms with van der Waals surface area (Å²) in [5.41, 5.74) is -1.02. The second-order valence-electron chi connectivity index (χ2n) is 5.83. The first-order valence-corrected chi connectivity index (χ1v) is 7.40. The van der Waals surface area contributed by atoms with Gasteiger partial charge < -0.3 is 15.7 Å². The highest BCUT2D eigenvalue weighted by Gasteiger charge is 2.41. The monoisotopic (exact) mass is 268 g/mol. The molecule has 0 radical (unpaired) electrons. The molecule has 1 saturated heterocycles. The van der Waals surface area contributed by atoms with Crippen molar-refractivity contribution in [2.45, 2.75) is 56.9 Å². The molecule has 0 aromatic rings. The summed E-state index contributed by atoms with van der Waals surface area (Å²) < 4.78 is 0. The number of nitrogens with one attached hydrogen (secondary N) is 2. The summed E-state index contributed by atoms with van der Waals surface area (Å²) in [4.78, 5) is 23.9. The third kappa shape index (κ3) is 3.47. The van der Waals surface area contributed by atoms with E-state index in [0.29, 0.717) is 19.4 Å². The van der Waals surface area contributed by atoms with E-state index in [2.05, 4.69) is 10.6 Å². The molecule has 2 aliphatic rings. The molecule has 1 atom stereocenters. The van der Waals surface area contributed by atoms with Crippen molar-refractivity contribution in [2.24, 2.45) is 5.92 Å². The van der Waals surface area contributed by atoms with Gasteiger partial charge in [0.1, 0.15) is 5.54 Å². The van der Waals surface area contributed by atoms with Crippen molar-refractivity contribution in [1.29, 1.82) is 0 Å². The van der Waals surface area contributed by atoms with Crippen LogP contribution >= 0.6 is 0 Å². The normalized spacial score (nSPS) is 27.3. The van der Waals surface area contributed by atoms with Gasteiger partial charge in [0, 0.05) is 6.54 Å². The number of amides is 1. The van der Waals surface area contributed by atoms with Crippen molar-refractivity contribution >= 4 is 11.9 Å². The Hall–Kier alpha value is -1.10. The van der Waals surface area contributed by atoms with Crippen LogP contribution in [0.1, 0.15) is 51.4 Å². The molecule has 1 saturated carbocycles. The minimum Gasteiger partial charge on any atom is -0.480 e. The Labute approximate surface area is 114 Å². The fraction of sp³-hybridized carbons (Fsp3) is 0.857. The number of aliphatic carboxylic acids is 1. The Morgan fingerprint density at radius 1 is 1.11 bits per heavy atom. The molecule has 19 heavy (non-hydrogen) atoms. The van der Waals surface area contributed by atoms with Crippen molar-refractivity contribution < 1.29 is 14.7 Å². The van der Waals surface area contributed by atoms with Crippen LogP contribution in [0.2, 0.25) is 0 Å². The molecule has 0 unspecified atom stereocenters. The topological polar surface area (TPSA) is 78.4 Å². The van der Waals surface area contributed by atoms with Gasteiger partial charge in [0.2, 0.25) is 5.91 Å². The van der Waals surface area contributed by atoms with Crippen LogP contribution in [0.4, 0.5) is 0 Å². The van der Waals surface area contributed by atoms with E-state index in [1.54, 1.807) is 0 Å². The zero-order chi connectivity index (χ0) is 13.7. The Balaban J connectivity index is 2.02. The molecule has 0 aromatic carbocycles. The van der Waals surface area contributed by atoms with Gasteiger partial charge in [0.15, 0.2) is 0 Å². The fourth-order valence-corrected chi connectivity index (χ4v) is 3.14. The number of carbonyl (C=O) groups is 2. The Morgan fingerprint density at radius 3 is 2.32 bits per heavy atom. The van der Waals surface area contributed by atoms with Crippen LogP contribution in [0.5, 0.6) is 0 Å². The lowest BCUT2D eigenvalue weighted by molar-refractivity contribution is -0.149. The molecule has 5 nitrogen and oxygen atoms in total. The van der Waals surface area contributed by atoms with E-state index < -0.39 is 11.5 Å². The first-order valence-electron chi connectivity index (χ1n) is 7.40. The van der Waals surface area contributed by atoms with Crippen molar-refractivity contribution in [2.75, 3.05) is 13.1 Å². The number of hydrogen-bond donors (Lipinski definition) is 3. The Bertz CT molecular complexity index is 330. The molecule has 1 heterocycles.